The van der Waals surface area contributed by atoms with Crippen molar-refractivity contribution >= 4 is 5.91 Å². The summed E-state index contributed by atoms with van der Waals surface area (Å²) < 4.78 is 5.27. The summed E-state index contributed by atoms with van der Waals surface area (Å²) in [5.74, 6) is -0.416. The summed E-state index contributed by atoms with van der Waals surface area (Å²) in [6, 6.07) is 4.34. The maximum absolute atomic E-state index is 11.8. The monoisotopic (exact) mass is 252 g/mol. The van der Waals surface area contributed by atoms with Crippen molar-refractivity contribution < 1.29 is 14.6 Å². The first kappa shape index (κ1) is 12.8. The van der Waals surface area contributed by atoms with Crippen molar-refractivity contribution in [3.8, 4) is 0 Å². The maximum atomic E-state index is 11.8. The normalized spacial score (nSPS) is 27.1. The van der Waals surface area contributed by atoms with Gasteiger partial charge in [0.25, 0.3) is 5.91 Å². The van der Waals surface area contributed by atoms with Crippen LogP contribution in [0.4, 0.5) is 0 Å². The molecule has 0 bridgehead atoms. The first-order valence-electron chi connectivity index (χ1n) is 5.83. The van der Waals surface area contributed by atoms with Crippen molar-refractivity contribution in [1.29, 1.82) is 0 Å². The van der Waals surface area contributed by atoms with E-state index in [1.807, 2.05) is 0 Å². The second kappa shape index (κ2) is 4.91. The zero-order valence-electron chi connectivity index (χ0n) is 10.1. The van der Waals surface area contributed by atoms with Gasteiger partial charge in [-0.15, -0.1) is 0 Å². The predicted molar refractivity (Wildman–Crippen MR) is 64.4 cm³/mol. The van der Waals surface area contributed by atoms with Crippen LogP contribution in [-0.2, 0) is 4.74 Å². The largest absolute Gasteiger partial charge is 0.385 e. The van der Waals surface area contributed by atoms with Gasteiger partial charge >= 0.3 is 0 Å². The topological polar surface area (TPSA) is 91.4 Å². The molecular formula is C12H16N2O4. The van der Waals surface area contributed by atoms with Crippen LogP contribution in [-0.4, -0.2) is 40.9 Å². The Hall–Kier alpha value is -1.66. The summed E-state index contributed by atoms with van der Waals surface area (Å²) in [5.41, 5.74) is -1.19. The van der Waals surface area contributed by atoms with E-state index in [2.05, 4.69) is 10.3 Å². The summed E-state index contributed by atoms with van der Waals surface area (Å²) in [5, 5.41) is 12.8. The van der Waals surface area contributed by atoms with Crippen LogP contribution in [0.3, 0.4) is 0 Å². The van der Waals surface area contributed by atoms with Gasteiger partial charge in [0.15, 0.2) is 0 Å². The number of pyridine rings is 1. The molecule has 18 heavy (non-hydrogen) atoms. The lowest BCUT2D eigenvalue weighted by molar-refractivity contribution is -0.0252. The first-order valence-corrected chi connectivity index (χ1v) is 5.83. The molecule has 0 saturated carbocycles. The number of ether oxygens (including phenoxy) is 1. The number of rotatable bonds is 3. The Labute approximate surface area is 104 Å². The SMILES string of the molecule is CC1OCCC1(O)CNC(=O)c1cccc(=O)[nH]1. The number of hydrogen-bond acceptors (Lipinski definition) is 4. The Morgan fingerprint density at radius 1 is 1.67 bits per heavy atom. The highest BCUT2D eigenvalue weighted by Crippen LogP contribution is 2.24. The lowest BCUT2D eigenvalue weighted by atomic mass is 9.97. The Morgan fingerprint density at radius 3 is 3.06 bits per heavy atom. The minimum Gasteiger partial charge on any atom is -0.385 e. The molecule has 6 heteroatoms. The third-order valence-corrected chi connectivity index (χ3v) is 3.23. The number of aromatic nitrogens is 1. The Morgan fingerprint density at radius 2 is 2.44 bits per heavy atom. The zero-order chi connectivity index (χ0) is 13.2. The molecule has 1 fully saturated rings. The molecule has 1 aliphatic rings. The molecule has 2 unspecified atom stereocenters. The standard InChI is InChI=1S/C12H16N2O4/c1-8-12(17,5-6-18-8)7-13-11(16)9-3-2-4-10(15)14-9/h2-4,8,17H,5-7H2,1H3,(H,13,16)(H,14,15). The molecule has 1 aromatic heterocycles. The van der Waals surface area contributed by atoms with E-state index in [9.17, 15) is 14.7 Å². The molecule has 0 aromatic carbocycles. The van der Waals surface area contributed by atoms with Gasteiger partial charge in [-0.05, 0) is 13.0 Å². The number of H-pyrrole nitrogens is 1. The van der Waals surface area contributed by atoms with Crippen LogP contribution < -0.4 is 10.9 Å². The highest BCUT2D eigenvalue weighted by atomic mass is 16.5. The van der Waals surface area contributed by atoms with Crippen molar-refractivity contribution in [2.75, 3.05) is 13.2 Å². The molecule has 2 atom stereocenters. The fraction of sp³-hybridized carbons (Fsp3) is 0.500. The first-order chi connectivity index (χ1) is 8.51. The molecule has 0 spiro atoms. The van der Waals surface area contributed by atoms with Crippen LogP contribution in [0, 0.1) is 0 Å². The van der Waals surface area contributed by atoms with Gasteiger partial charge in [0.05, 0.1) is 6.10 Å². The quantitative estimate of drug-likeness (QED) is 0.685. The van der Waals surface area contributed by atoms with Crippen molar-refractivity contribution in [2.45, 2.75) is 25.0 Å². The zero-order valence-corrected chi connectivity index (χ0v) is 10.1. The highest BCUT2D eigenvalue weighted by Gasteiger charge is 2.39. The molecule has 1 saturated heterocycles. The molecular weight excluding hydrogens is 236 g/mol. The number of nitrogens with one attached hydrogen (secondary N) is 2. The van der Waals surface area contributed by atoms with E-state index < -0.39 is 11.5 Å². The van der Waals surface area contributed by atoms with Crippen LogP contribution in [0.2, 0.25) is 0 Å². The van der Waals surface area contributed by atoms with Crippen LogP contribution >= 0.6 is 0 Å². The average Bonchev–Trinajstić information content (AvgIpc) is 2.67. The predicted octanol–water partition coefficient (Wildman–Crippen LogP) is -0.355. The number of amides is 1. The van der Waals surface area contributed by atoms with Gasteiger partial charge in [0.2, 0.25) is 5.56 Å². The lowest BCUT2D eigenvalue weighted by Crippen LogP contribution is -2.47. The average molecular weight is 252 g/mol. The Kier molecular flexibility index (Phi) is 3.49. The molecule has 3 N–H and O–H groups in total. The van der Waals surface area contributed by atoms with Gasteiger partial charge in [0, 0.05) is 25.6 Å². The van der Waals surface area contributed by atoms with E-state index in [4.69, 9.17) is 4.74 Å². The van der Waals surface area contributed by atoms with Gasteiger partial charge in [-0.2, -0.15) is 0 Å². The van der Waals surface area contributed by atoms with E-state index in [0.717, 1.165) is 0 Å². The maximum Gasteiger partial charge on any atom is 0.267 e. The number of carbonyl (C=O) groups excluding carboxylic acids is 1. The van der Waals surface area contributed by atoms with Gasteiger partial charge in [-0.1, -0.05) is 6.07 Å². The molecule has 2 heterocycles. The second-order valence-electron chi connectivity index (χ2n) is 4.48. The van der Waals surface area contributed by atoms with E-state index >= 15 is 0 Å². The van der Waals surface area contributed by atoms with Crippen molar-refractivity contribution in [1.82, 2.24) is 10.3 Å². The van der Waals surface area contributed by atoms with E-state index in [1.54, 1.807) is 6.92 Å². The number of hydrogen-bond donors (Lipinski definition) is 3. The van der Waals surface area contributed by atoms with Gasteiger partial charge in [0.1, 0.15) is 11.3 Å². The fourth-order valence-corrected chi connectivity index (χ4v) is 1.91. The number of carbonyl (C=O) groups is 1. The summed E-state index contributed by atoms with van der Waals surface area (Å²) >= 11 is 0. The van der Waals surface area contributed by atoms with Crippen LogP contribution in [0.1, 0.15) is 23.8 Å². The Balaban J connectivity index is 1.98. The van der Waals surface area contributed by atoms with Gasteiger partial charge in [-0.25, -0.2) is 0 Å². The van der Waals surface area contributed by atoms with Crippen molar-refractivity contribution in [3.63, 3.8) is 0 Å². The second-order valence-corrected chi connectivity index (χ2v) is 4.48. The minimum atomic E-state index is -1.04. The molecule has 0 aliphatic carbocycles. The van der Waals surface area contributed by atoms with E-state index in [-0.39, 0.29) is 23.9 Å². The summed E-state index contributed by atoms with van der Waals surface area (Å²) in [4.78, 5) is 25.3. The van der Waals surface area contributed by atoms with E-state index in [0.29, 0.717) is 13.0 Å². The molecule has 98 valence electrons. The lowest BCUT2D eigenvalue weighted by Gasteiger charge is -2.26. The number of aliphatic hydroxyl groups is 1. The summed E-state index contributed by atoms with van der Waals surface area (Å²) in [6.07, 6.45) is 0.173. The van der Waals surface area contributed by atoms with Gasteiger partial charge < -0.3 is 20.1 Å². The smallest absolute Gasteiger partial charge is 0.267 e. The van der Waals surface area contributed by atoms with Gasteiger partial charge in [-0.3, -0.25) is 9.59 Å². The third-order valence-electron chi connectivity index (χ3n) is 3.23. The Bertz CT molecular complexity index is 499. The highest BCUT2D eigenvalue weighted by molar-refractivity contribution is 5.92. The molecule has 6 nitrogen and oxygen atoms in total. The minimum absolute atomic E-state index is 0.101. The molecule has 1 amide bonds. The number of aromatic amines is 1. The van der Waals surface area contributed by atoms with Crippen molar-refractivity contribution in [3.05, 3.63) is 34.2 Å². The van der Waals surface area contributed by atoms with Crippen LogP contribution in [0.15, 0.2) is 23.0 Å². The van der Waals surface area contributed by atoms with E-state index in [1.165, 1.54) is 18.2 Å². The molecule has 1 aliphatic heterocycles. The van der Waals surface area contributed by atoms with Crippen molar-refractivity contribution in [2.24, 2.45) is 0 Å². The summed E-state index contributed by atoms with van der Waals surface area (Å²) in [6.45, 7) is 2.35. The fourth-order valence-electron chi connectivity index (χ4n) is 1.91. The molecule has 1 aromatic rings. The molecule has 2 rings (SSSR count). The summed E-state index contributed by atoms with van der Waals surface area (Å²) in [7, 11) is 0. The van der Waals surface area contributed by atoms with Crippen LogP contribution in [0.5, 0.6) is 0 Å². The van der Waals surface area contributed by atoms with Crippen LogP contribution in [0.25, 0.3) is 0 Å². The molecule has 0 radical (unpaired) electrons. The third kappa shape index (κ3) is 2.60.